The van der Waals surface area contributed by atoms with Crippen molar-refractivity contribution < 1.29 is 4.39 Å². The van der Waals surface area contributed by atoms with E-state index in [-0.39, 0.29) is 0 Å². The van der Waals surface area contributed by atoms with Gasteiger partial charge in [-0.2, -0.15) is 0 Å². The Morgan fingerprint density at radius 1 is 1.32 bits per heavy atom. The molecule has 2 aromatic rings. The fourth-order valence-corrected chi connectivity index (χ4v) is 1.67. The predicted molar refractivity (Wildman–Crippen MR) is 74.0 cm³/mol. The summed E-state index contributed by atoms with van der Waals surface area (Å²) in [4.78, 5) is 8.32. The molecule has 0 aliphatic carbocycles. The molecule has 0 spiro atoms. The zero-order valence-corrected chi connectivity index (χ0v) is 10.8. The van der Waals surface area contributed by atoms with Crippen molar-refractivity contribution in [3.8, 4) is 12.3 Å². The van der Waals surface area contributed by atoms with Gasteiger partial charge in [-0.3, -0.25) is 0 Å². The average Bonchev–Trinajstić information content (AvgIpc) is 2.39. The van der Waals surface area contributed by atoms with Gasteiger partial charge in [0.2, 0.25) is 0 Å². The maximum atomic E-state index is 13.2. The molecule has 1 unspecified atom stereocenters. The molecule has 2 aromatic heterocycles. The highest BCUT2D eigenvalue weighted by Crippen LogP contribution is 2.20. The third kappa shape index (κ3) is 3.08. The molecule has 3 nitrogen and oxygen atoms in total. The van der Waals surface area contributed by atoms with E-state index in [1.54, 1.807) is 24.5 Å². The molecule has 2 heterocycles. The molecule has 0 amide bonds. The SMILES string of the molecule is C#Cc1cnc(Nc2cc(C(C)F)ccn2)cc1C. The number of rotatable bonds is 3. The van der Waals surface area contributed by atoms with Gasteiger partial charge in [0.15, 0.2) is 0 Å². The van der Waals surface area contributed by atoms with Crippen LogP contribution in [0.3, 0.4) is 0 Å². The maximum absolute atomic E-state index is 13.2. The van der Waals surface area contributed by atoms with E-state index >= 15 is 0 Å². The van der Waals surface area contributed by atoms with Gasteiger partial charge in [-0.15, -0.1) is 6.42 Å². The van der Waals surface area contributed by atoms with E-state index in [4.69, 9.17) is 6.42 Å². The Bertz CT molecular complexity index is 630. The molecule has 0 aliphatic rings. The van der Waals surface area contributed by atoms with Gasteiger partial charge in [-0.25, -0.2) is 14.4 Å². The topological polar surface area (TPSA) is 37.8 Å². The van der Waals surface area contributed by atoms with Crippen LogP contribution in [-0.2, 0) is 0 Å². The van der Waals surface area contributed by atoms with Gasteiger partial charge >= 0.3 is 0 Å². The maximum Gasteiger partial charge on any atom is 0.131 e. The summed E-state index contributed by atoms with van der Waals surface area (Å²) < 4.78 is 13.2. The molecule has 0 saturated carbocycles. The summed E-state index contributed by atoms with van der Waals surface area (Å²) in [5.41, 5.74) is 2.29. The van der Waals surface area contributed by atoms with Crippen molar-refractivity contribution in [2.45, 2.75) is 20.0 Å². The quantitative estimate of drug-likeness (QED) is 0.852. The second kappa shape index (κ2) is 5.49. The zero-order valence-electron chi connectivity index (χ0n) is 10.8. The summed E-state index contributed by atoms with van der Waals surface area (Å²) in [7, 11) is 0. The molecule has 1 N–H and O–H groups in total. The molecule has 1 atom stereocenters. The van der Waals surface area contributed by atoms with E-state index in [9.17, 15) is 4.39 Å². The third-order valence-electron chi connectivity index (χ3n) is 2.77. The molecule has 0 aliphatic heterocycles. The zero-order chi connectivity index (χ0) is 13.8. The van der Waals surface area contributed by atoms with Gasteiger partial charge in [0.05, 0.1) is 0 Å². The molecule has 4 heteroatoms. The Morgan fingerprint density at radius 2 is 2.05 bits per heavy atom. The molecule has 96 valence electrons. The van der Waals surface area contributed by atoms with Crippen LogP contribution in [-0.4, -0.2) is 9.97 Å². The van der Waals surface area contributed by atoms with Gasteiger partial charge in [0.25, 0.3) is 0 Å². The summed E-state index contributed by atoms with van der Waals surface area (Å²) in [6, 6.07) is 5.15. The Balaban J connectivity index is 2.24. The molecular formula is C15H14FN3. The molecule has 0 saturated heterocycles. The number of anilines is 2. The molecule has 0 fully saturated rings. The Hall–Kier alpha value is -2.41. The summed E-state index contributed by atoms with van der Waals surface area (Å²) in [5.74, 6) is 3.74. The van der Waals surface area contributed by atoms with E-state index in [2.05, 4.69) is 21.2 Å². The van der Waals surface area contributed by atoms with Gasteiger partial charge in [-0.1, -0.05) is 5.92 Å². The molecule has 19 heavy (non-hydrogen) atoms. The molecular weight excluding hydrogens is 241 g/mol. The number of aryl methyl sites for hydroxylation is 1. The van der Waals surface area contributed by atoms with Crippen LogP contribution in [0, 0.1) is 19.3 Å². The first-order valence-electron chi connectivity index (χ1n) is 5.90. The number of aromatic nitrogens is 2. The largest absolute Gasteiger partial charge is 0.325 e. The predicted octanol–water partition coefficient (Wildman–Crippen LogP) is 3.54. The second-order valence-electron chi connectivity index (χ2n) is 4.24. The van der Waals surface area contributed by atoms with E-state index in [0.29, 0.717) is 17.2 Å². The van der Waals surface area contributed by atoms with Gasteiger partial charge < -0.3 is 5.32 Å². The highest BCUT2D eigenvalue weighted by atomic mass is 19.1. The lowest BCUT2D eigenvalue weighted by Gasteiger charge is -2.08. The number of nitrogens with one attached hydrogen (secondary N) is 1. The lowest BCUT2D eigenvalue weighted by molar-refractivity contribution is 0.374. The lowest BCUT2D eigenvalue weighted by atomic mass is 10.1. The summed E-state index contributed by atoms with van der Waals surface area (Å²) in [6.07, 6.45) is 7.51. The number of hydrogen-bond acceptors (Lipinski definition) is 3. The molecule has 0 radical (unpaired) electrons. The Labute approximate surface area is 111 Å². The van der Waals surface area contributed by atoms with Crippen LogP contribution < -0.4 is 5.32 Å². The van der Waals surface area contributed by atoms with Crippen molar-refractivity contribution in [2.75, 3.05) is 5.32 Å². The van der Waals surface area contributed by atoms with Crippen LogP contribution >= 0.6 is 0 Å². The number of pyridine rings is 2. The first-order chi connectivity index (χ1) is 9.10. The highest BCUT2D eigenvalue weighted by Gasteiger charge is 2.05. The molecule has 2 rings (SSSR count). The lowest BCUT2D eigenvalue weighted by Crippen LogP contribution is -1.98. The summed E-state index contributed by atoms with van der Waals surface area (Å²) in [6.45, 7) is 3.40. The van der Waals surface area contributed by atoms with Crippen LogP contribution in [0.5, 0.6) is 0 Å². The van der Waals surface area contributed by atoms with Crippen LogP contribution in [0.1, 0.15) is 29.8 Å². The molecule has 0 aromatic carbocycles. The molecule has 0 bridgehead atoms. The minimum absolute atomic E-state index is 0.558. The number of nitrogens with zero attached hydrogens (tertiary/aromatic N) is 2. The first-order valence-corrected chi connectivity index (χ1v) is 5.90. The number of halogens is 1. The van der Waals surface area contributed by atoms with E-state index in [1.807, 2.05) is 13.0 Å². The minimum Gasteiger partial charge on any atom is -0.325 e. The van der Waals surface area contributed by atoms with Crippen molar-refractivity contribution in [3.63, 3.8) is 0 Å². The fourth-order valence-electron chi connectivity index (χ4n) is 1.67. The van der Waals surface area contributed by atoms with E-state index < -0.39 is 6.17 Å². The number of terminal acetylenes is 1. The standard InChI is InChI=1S/C15H14FN3/c1-4-12-9-18-14(7-10(12)2)19-15-8-13(11(3)16)5-6-17-15/h1,5-9,11H,2-3H3,(H,17,18,19). The number of alkyl halides is 1. The van der Waals surface area contributed by atoms with Crippen molar-refractivity contribution >= 4 is 11.6 Å². The van der Waals surface area contributed by atoms with Gasteiger partial charge in [-0.05, 0) is 43.2 Å². The van der Waals surface area contributed by atoms with Crippen LogP contribution in [0.15, 0.2) is 30.6 Å². The highest BCUT2D eigenvalue weighted by molar-refractivity contribution is 5.55. The number of hydrogen-bond donors (Lipinski definition) is 1. The minimum atomic E-state index is -1.03. The van der Waals surface area contributed by atoms with Gasteiger partial charge in [0.1, 0.15) is 17.8 Å². The van der Waals surface area contributed by atoms with Gasteiger partial charge in [0, 0.05) is 18.0 Å². The first kappa shape index (κ1) is 13.0. The van der Waals surface area contributed by atoms with E-state index in [0.717, 1.165) is 11.1 Å². The fraction of sp³-hybridized carbons (Fsp3) is 0.200. The summed E-state index contributed by atoms with van der Waals surface area (Å²) in [5, 5.41) is 3.03. The second-order valence-corrected chi connectivity index (χ2v) is 4.24. The van der Waals surface area contributed by atoms with Crippen LogP contribution in [0.4, 0.5) is 16.0 Å². The summed E-state index contributed by atoms with van der Waals surface area (Å²) >= 11 is 0. The van der Waals surface area contributed by atoms with E-state index in [1.165, 1.54) is 6.92 Å². The van der Waals surface area contributed by atoms with Crippen molar-refractivity contribution in [3.05, 3.63) is 47.3 Å². The smallest absolute Gasteiger partial charge is 0.131 e. The normalized spacial score (nSPS) is 11.7. The van der Waals surface area contributed by atoms with Crippen molar-refractivity contribution in [2.24, 2.45) is 0 Å². The van der Waals surface area contributed by atoms with Crippen molar-refractivity contribution in [1.82, 2.24) is 9.97 Å². The average molecular weight is 255 g/mol. The van der Waals surface area contributed by atoms with Crippen LogP contribution in [0.25, 0.3) is 0 Å². The monoisotopic (exact) mass is 255 g/mol. The third-order valence-corrected chi connectivity index (χ3v) is 2.77. The van der Waals surface area contributed by atoms with Crippen LogP contribution in [0.2, 0.25) is 0 Å². The Morgan fingerprint density at radius 3 is 2.68 bits per heavy atom. The van der Waals surface area contributed by atoms with Crippen molar-refractivity contribution in [1.29, 1.82) is 0 Å². The Kier molecular flexibility index (Phi) is 3.76.